The van der Waals surface area contributed by atoms with E-state index in [9.17, 15) is 13.2 Å². The van der Waals surface area contributed by atoms with E-state index in [0.717, 1.165) is 17.2 Å². The minimum Gasteiger partial charge on any atom is -0.383 e. The van der Waals surface area contributed by atoms with Crippen molar-refractivity contribution in [1.82, 2.24) is 4.98 Å². The van der Waals surface area contributed by atoms with Crippen LogP contribution in [0.25, 0.3) is 22.0 Å². The Bertz CT molecular complexity index is 1250. The Morgan fingerprint density at radius 2 is 1.67 bits per heavy atom. The van der Waals surface area contributed by atoms with Gasteiger partial charge in [0.05, 0.1) is 16.8 Å². The van der Waals surface area contributed by atoms with Crippen LogP contribution in [0, 0.1) is 6.92 Å². The first-order valence-corrected chi connectivity index (χ1v) is 9.30. The summed E-state index contributed by atoms with van der Waals surface area (Å²) in [5.41, 5.74) is 8.90. The fourth-order valence-corrected chi connectivity index (χ4v) is 3.46. The highest BCUT2D eigenvalue weighted by Gasteiger charge is 2.33. The van der Waals surface area contributed by atoms with Crippen LogP contribution in [0.3, 0.4) is 0 Å². The van der Waals surface area contributed by atoms with Gasteiger partial charge < -0.3 is 5.73 Å². The zero-order chi connectivity index (χ0) is 21.3. The third kappa shape index (κ3) is 3.76. The molecule has 0 amide bonds. The molecule has 1 aromatic heterocycles. The van der Waals surface area contributed by atoms with Crippen LogP contribution in [0.1, 0.15) is 16.7 Å². The average Bonchev–Trinajstić information content (AvgIpc) is 2.72. The molecule has 0 unspecified atom stereocenters. The summed E-state index contributed by atoms with van der Waals surface area (Å²) >= 11 is 0. The number of nitrogens with two attached hydrogens (primary N) is 1. The highest BCUT2D eigenvalue weighted by atomic mass is 19.4. The molecule has 30 heavy (non-hydrogen) atoms. The predicted octanol–water partition coefficient (Wildman–Crippen LogP) is 6.27. The second-order valence-corrected chi connectivity index (χ2v) is 6.95. The van der Waals surface area contributed by atoms with Gasteiger partial charge in [-0.15, -0.1) is 0 Å². The zero-order valence-electron chi connectivity index (χ0n) is 16.1. The lowest BCUT2D eigenvalue weighted by atomic mass is 9.94. The molecule has 0 saturated carbocycles. The Balaban J connectivity index is 2.01. The molecular formula is C24H18F3N3. The van der Waals surface area contributed by atoms with E-state index < -0.39 is 11.7 Å². The molecule has 3 aromatic carbocycles. The van der Waals surface area contributed by atoms with Crippen LogP contribution >= 0.6 is 0 Å². The molecule has 0 spiro atoms. The van der Waals surface area contributed by atoms with Gasteiger partial charge in [-0.2, -0.15) is 13.2 Å². The molecule has 1 heterocycles. The summed E-state index contributed by atoms with van der Waals surface area (Å²) in [6.45, 7) is 1.95. The number of hydrogen-bond donors (Lipinski definition) is 1. The maximum Gasteiger partial charge on any atom is 0.418 e. The first-order valence-electron chi connectivity index (χ1n) is 9.30. The molecule has 0 aliphatic rings. The monoisotopic (exact) mass is 405 g/mol. The number of halogens is 3. The number of aryl methyl sites for hydroxylation is 1. The van der Waals surface area contributed by atoms with Crippen molar-refractivity contribution in [3.63, 3.8) is 0 Å². The van der Waals surface area contributed by atoms with Crippen molar-refractivity contribution in [2.75, 3.05) is 0 Å². The molecule has 0 atom stereocenters. The number of fused-ring (bicyclic) bond motifs is 1. The van der Waals surface area contributed by atoms with Crippen LogP contribution in [-0.4, -0.2) is 10.8 Å². The number of rotatable bonds is 3. The largest absolute Gasteiger partial charge is 0.418 e. The third-order valence-corrected chi connectivity index (χ3v) is 4.79. The second-order valence-electron chi connectivity index (χ2n) is 6.95. The summed E-state index contributed by atoms with van der Waals surface area (Å²) in [6, 6.07) is 20.7. The first kappa shape index (κ1) is 19.6. The minimum absolute atomic E-state index is 0.115. The van der Waals surface area contributed by atoms with Gasteiger partial charge >= 0.3 is 6.18 Å². The number of aliphatic imine (C=N–C) groups is 1. The van der Waals surface area contributed by atoms with Crippen molar-refractivity contribution in [2.45, 2.75) is 13.1 Å². The van der Waals surface area contributed by atoms with Crippen molar-refractivity contribution < 1.29 is 13.2 Å². The summed E-state index contributed by atoms with van der Waals surface area (Å²) in [7, 11) is 0. The van der Waals surface area contributed by atoms with E-state index in [1.165, 1.54) is 12.3 Å². The summed E-state index contributed by atoms with van der Waals surface area (Å²) < 4.78 is 40.6. The van der Waals surface area contributed by atoms with Gasteiger partial charge in [0.2, 0.25) is 0 Å². The topological polar surface area (TPSA) is 51.3 Å². The van der Waals surface area contributed by atoms with E-state index in [1.54, 1.807) is 6.07 Å². The van der Waals surface area contributed by atoms with Crippen molar-refractivity contribution in [1.29, 1.82) is 0 Å². The molecule has 4 rings (SSSR count). The van der Waals surface area contributed by atoms with Crippen LogP contribution in [0.5, 0.6) is 0 Å². The predicted molar refractivity (Wildman–Crippen MR) is 114 cm³/mol. The molecule has 0 radical (unpaired) electrons. The van der Waals surface area contributed by atoms with Crippen LogP contribution in [0.15, 0.2) is 84.0 Å². The molecule has 150 valence electrons. The van der Waals surface area contributed by atoms with Gasteiger partial charge in [-0.25, -0.2) is 4.99 Å². The number of pyridine rings is 1. The lowest BCUT2D eigenvalue weighted by molar-refractivity contribution is -0.136. The van der Waals surface area contributed by atoms with Gasteiger partial charge in [-0.1, -0.05) is 54.6 Å². The molecule has 6 heteroatoms. The van der Waals surface area contributed by atoms with E-state index in [4.69, 9.17) is 5.73 Å². The highest BCUT2D eigenvalue weighted by Crippen LogP contribution is 2.38. The van der Waals surface area contributed by atoms with Gasteiger partial charge in [-0.05, 0) is 36.2 Å². The van der Waals surface area contributed by atoms with E-state index in [2.05, 4.69) is 9.98 Å². The molecule has 0 fully saturated rings. The van der Waals surface area contributed by atoms with Gasteiger partial charge in [0, 0.05) is 22.7 Å². The average molecular weight is 405 g/mol. The van der Waals surface area contributed by atoms with Crippen LogP contribution in [-0.2, 0) is 6.18 Å². The lowest BCUT2D eigenvalue weighted by Crippen LogP contribution is -2.16. The Labute approximate surface area is 171 Å². The number of aromatic nitrogens is 1. The molecule has 4 aromatic rings. The quantitative estimate of drug-likeness (QED) is 0.323. The Morgan fingerprint density at radius 1 is 0.933 bits per heavy atom. The number of alkyl halides is 3. The van der Waals surface area contributed by atoms with Crippen LogP contribution < -0.4 is 5.73 Å². The second kappa shape index (κ2) is 7.63. The normalized spacial score (nSPS) is 12.3. The summed E-state index contributed by atoms with van der Waals surface area (Å²) in [6.07, 6.45) is -3.14. The number of amidine groups is 1. The third-order valence-electron chi connectivity index (χ3n) is 4.79. The maximum atomic E-state index is 13.5. The fraction of sp³-hybridized carbons (Fsp3) is 0.0833. The van der Waals surface area contributed by atoms with E-state index in [0.29, 0.717) is 22.2 Å². The molecule has 0 aliphatic heterocycles. The number of nitrogens with zero attached hydrogens (tertiary/aromatic N) is 2. The van der Waals surface area contributed by atoms with Gasteiger partial charge in [-0.3, -0.25) is 4.98 Å². The van der Waals surface area contributed by atoms with Gasteiger partial charge in [0.25, 0.3) is 0 Å². The van der Waals surface area contributed by atoms with E-state index >= 15 is 0 Å². The minimum atomic E-state index is -4.51. The summed E-state index contributed by atoms with van der Waals surface area (Å²) in [5, 5.41) is 0.371. The van der Waals surface area contributed by atoms with Gasteiger partial charge in [0.1, 0.15) is 5.84 Å². The smallest absolute Gasteiger partial charge is 0.383 e. The van der Waals surface area contributed by atoms with Crippen molar-refractivity contribution in [3.05, 3.63) is 95.7 Å². The van der Waals surface area contributed by atoms with Gasteiger partial charge in [0.15, 0.2) is 0 Å². The van der Waals surface area contributed by atoms with E-state index in [-0.39, 0.29) is 11.4 Å². The van der Waals surface area contributed by atoms with Crippen LogP contribution in [0.4, 0.5) is 18.9 Å². The van der Waals surface area contributed by atoms with Crippen molar-refractivity contribution in [3.8, 4) is 11.1 Å². The Hall–Kier alpha value is -3.67. The number of benzene rings is 3. The fourth-order valence-electron chi connectivity index (χ4n) is 3.46. The van der Waals surface area contributed by atoms with Crippen molar-refractivity contribution in [2.24, 2.45) is 10.7 Å². The van der Waals surface area contributed by atoms with Crippen molar-refractivity contribution >= 4 is 22.4 Å². The zero-order valence-corrected chi connectivity index (χ0v) is 16.1. The standard InChI is InChI=1S/C24H18F3N3/c1-15-7-5-10-17(13-15)30-23(28)19-14-29-22-18(11-6-12-20(22)24(25,26)27)21(19)16-8-3-2-4-9-16/h2-14H,1H3,(H2,28,30). The molecule has 3 nitrogen and oxygen atoms in total. The van der Waals surface area contributed by atoms with E-state index in [1.807, 2.05) is 61.5 Å². The number of hydrogen-bond acceptors (Lipinski definition) is 2. The first-order chi connectivity index (χ1) is 14.3. The summed E-state index contributed by atoms with van der Waals surface area (Å²) in [5.74, 6) is 0.186. The molecular weight excluding hydrogens is 387 g/mol. The Kier molecular flexibility index (Phi) is 4.99. The SMILES string of the molecule is Cc1cccc(N=C(N)c2cnc3c(C(F)(F)F)cccc3c2-c2ccccc2)c1. The van der Waals surface area contributed by atoms with Crippen LogP contribution in [0.2, 0.25) is 0 Å². The molecule has 0 aliphatic carbocycles. The number of para-hydroxylation sites is 1. The highest BCUT2D eigenvalue weighted by molar-refractivity contribution is 6.11. The Morgan fingerprint density at radius 3 is 2.37 bits per heavy atom. The molecule has 0 saturated heterocycles. The lowest BCUT2D eigenvalue weighted by Gasteiger charge is -2.16. The maximum absolute atomic E-state index is 13.5. The summed E-state index contributed by atoms with van der Waals surface area (Å²) in [4.78, 5) is 8.62. The molecule has 2 N–H and O–H groups in total. The molecule has 0 bridgehead atoms.